The summed E-state index contributed by atoms with van der Waals surface area (Å²) in [6.45, 7) is 0.599. The number of aryl methyl sites for hydroxylation is 1. The summed E-state index contributed by atoms with van der Waals surface area (Å²) in [7, 11) is 0. The summed E-state index contributed by atoms with van der Waals surface area (Å²) in [6, 6.07) is 5.48. The molecule has 16 heavy (non-hydrogen) atoms. The number of halogens is 1. The minimum atomic E-state index is -0.0988. The molecule has 0 bridgehead atoms. The molecule has 0 aliphatic carbocycles. The Morgan fingerprint density at radius 1 is 1.44 bits per heavy atom. The van der Waals surface area contributed by atoms with Crippen LogP contribution in [0.5, 0.6) is 0 Å². The summed E-state index contributed by atoms with van der Waals surface area (Å²) >= 11 is 3.33. The largest absolute Gasteiger partial charge is 0.330 e. The molecule has 0 saturated carbocycles. The van der Waals surface area contributed by atoms with E-state index in [2.05, 4.69) is 25.9 Å². The lowest BCUT2D eigenvalue weighted by Crippen LogP contribution is -2.13. The first kappa shape index (κ1) is 11.3. The molecule has 0 spiro atoms. The average Bonchev–Trinajstić information content (AvgIpc) is 2.27. The topological polar surface area (TPSA) is 71.8 Å². The van der Waals surface area contributed by atoms with Crippen molar-refractivity contribution in [3.05, 3.63) is 38.9 Å². The van der Waals surface area contributed by atoms with E-state index in [0.29, 0.717) is 24.2 Å². The van der Waals surface area contributed by atoms with Crippen molar-refractivity contribution in [2.75, 3.05) is 6.54 Å². The number of benzene rings is 1. The molecule has 0 radical (unpaired) electrons. The van der Waals surface area contributed by atoms with E-state index < -0.39 is 0 Å². The summed E-state index contributed by atoms with van der Waals surface area (Å²) in [4.78, 5) is 18.9. The minimum absolute atomic E-state index is 0.0988. The fourth-order valence-electron chi connectivity index (χ4n) is 1.55. The van der Waals surface area contributed by atoms with Crippen LogP contribution in [0.15, 0.2) is 27.5 Å². The highest BCUT2D eigenvalue weighted by Gasteiger charge is 2.03. The summed E-state index contributed by atoms with van der Waals surface area (Å²) in [5.74, 6) is 0.699. The predicted octanol–water partition coefficient (Wildman–Crippen LogP) is 1.58. The zero-order valence-corrected chi connectivity index (χ0v) is 10.3. The number of hydrogen-bond donors (Lipinski definition) is 2. The quantitative estimate of drug-likeness (QED) is 0.897. The standard InChI is InChI=1S/C11H12BrN3O/c12-7-3-4-9-8(6-7)11(16)15-10(14-9)2-1-5-13/h3-4,6H,1-2,5,13H2,(H,14,15,16). The SMILES string of the molecule is NCCCc1nc2ccc(Br)cc2c(=O)[nH]1. The Morgan fingerprint density at radius 3 is 3.00 bits per heavy atom. The van der Waals surface area contributed by atoms with Crippen molar-refractivity contribution in [2.24, 2.45) is 5.73 Å². The average molecular weight is 282 g/mol. The normalized spacial score (nSPS) is 10.9. The zero-order chi connectivity index (χ0) is 11.5. The van der Waals surface area contributed by atoms with Crippen LogP contribution in [0.2, 0.25) is 0 Å². The van der Waals surface area contributed by atoms with Crippen LogP contribution in [-0.4, -0.2) is 16.5 Å². The van der Waals surface area contributed by atoms with Gasteiger partial charge < -0.3 is 10.7 Å². The highest BCUT2D eigenvalue weighted by Crippen LogP contribution is 2.15. The highest BCUT2D eigenvalue weighted by atomic mass is 79.9. The number of aromatic amines is 1. The van der Waals surface area contributed by atoms with Gasteiger partial charge in [-0.3, -0.25) is 4.79 Å². The van der Waals surface area contributed by atoms with Gasteiger partial charge >= 0.3 is 0 Å². The molecule has 1 aromatic heterocycles. The first-order valence-corrected chi connectivity index (χ1v) is 5.88. The summed E-state index contributed by atoms with van der Waals surface area (Å²) in [5, 5.41) is 0.603. The molecular weight excluding hydrogens is 270 g/mol. The van der Waals surface area contributed by atoms with Gasteiger partial charge in [-0.25, -0.2) is 4.98 Å². The Morgan fingerprint density at radius 2 is 2.25 bits per heavy atom. The van der Waals surface area contributed by atoms with Crippen LogP contribution in [0, 0.1) is 0 Å². The summed E-state index contributed by atoms with van der Waals surface area (Å²) < 4.78 is 0.877. The molecule has 0 aliphatic heterocycles. The Balaban J connectivity index is 2.51. The summed E-state index contributed by atoms with van der Waals surface area (Å²) in [5.41, 5.74) is 6.04. The molecule has 0 unspecified atom stereocenters. The fraction of sp³-hybridized carbons (Fsp3) is 0.273. The number of rotatable bonds is 3. The maximum atomic E-state index is 11.8. The number of hydrogen-bond acceptors (Lipinski definition) is 3. The van der Waals surface area contributed by atoms with Crippen LogP contribution in [0.4, 0.5) is 0 Å². The summed E-state index contributed by atoms with van der Waals surface area (Å²) in [6.07, 6.45) is 1.53. The van der Waals surface area contributed by atoms with E-state index in [4.69, 9.17) is 5.73 Å². The van der Waals surface area contributed by atoms with Crippen molar-refractivity contribution in [1.29, 1.82) is 0 Å². The predicted molar refractivity (Wildman–Crippen MR) is 67.4 cm³/mol. The van der Waals surface area contributed by atoms with Gasteiger partial charge in [0.05, 0.1) is 10.9 Å². The van der Waals surface area contributed by atoms with Crippen molar-refractivity contribution in [2.45, 2.75) is 12.8 Å². The second-order valence-corrected chi connectivity index (χ2v) is 4.48. The van der Waals surface area contributed by atoms with Gasteiger partial charge in [-0.05, 0) is 31.2 Å². The van der Waals surface area contributed by atoms with Crippen molar-refractivity contribution < 1.29 is 0 Å². The van der Waals surface area contributed by atoms with Crippen molar-refractivity contribution in [3.8, 4) is 0 Å². The highest BCUT2D eigenvalue weighted by molar-refractivity contribution is 9.10. The van der Waals surface area contributed by atoms with Crippen LogP contribution in [0.1, 0.15) is 12.2 Å². The van der Waals surface area contributed by atoms with E-state index in [-0.39, 0.29) is 5.56 Å². The van der Waals surface area contributed by atoms with Gasteiger partial charge in [-0.1, -0.05) is 15.9 Å². The van der Waals surface area contributed by atoms with E-state index in [1.807, 2.05) is 12.1 Å². The van der Waals surface area contributed by atoms with Crippen molar-refractivity contribution in [1.82, 2.24) is 9.97 Å². The van der Waals surface area contributed by atoms with E-state index in [9.17, 15) is 4.79 Å². The van der Waals surface area contributed by atoms with Gasteiger partial charge in [0.2, 0.25) is 0 Å². The number of nitrogens with zero attached hydrogens (tertiary/aromatic N) is 1. The van der Waals surface area contributed by atoms with Gasteiger partial charge in [0, 0.05) is 10.9 Å². The number of nitrogens with two attached hydrogens (primary N) is 1. The second kappa shape index (κ2) is 4.76. The Bertz CT molecular complexity index is 565. The third-order valence-electron chi connectivity index (χ3n) is 2.33. The van der Waals surface area contributed by atoms with Crippen molar-refractivity contribution in [3.63, 3.8) is 0 Å². The Hall–Kier alpha value is -1.20. The minimum Gasteiger partial charge on any atom is -0.330 e. The van der Waals surface area contributed by atoms with Gasteiger partial charge in [-0.2, -0.15) is 0 Å². The smallest absolute Gasteiger partial charge is 0.258 e. The number of fused-ring (bicyclic) bond motifs is 1. The lowest BCUT2D eigenvalue weighted by Gasteiger charge is -2.02. The van der Waals surface area contributed by atoms with Crippen molar-refractivity contribution >= 4 is 26.8 Å². The fourth-order valence-corrected chi connectivity index (χ4v) is 1.91. The molecule has 5 heteroatoms. The first-order chi connectivity index (χ1) is 7.70. The molecule has 0 atom stereocenters. The molecule has 0 saturated heterocycles. The second-order valence-electron chi connectivity index (χ2n) is 3.57. The van der Waals surface area contributed by atoms with E-state index in [1.165, 1.54) is 0 Å². The Labute approximate surface area is 101 Å². The number of H-pyrrole nitrogens is 1. The van der Waals surface area contributed by atoms with Gasteiger partial charge in [0.1, 0.15) is 5.82 Å². The van der Waals surface area contributed by atoms with Gasteiger partial charge in [-0.15, -0.1) is 0 Å². The molecule has 2 rings (SSSR count). The number of nitrogens with one attached hydrogen (secondary N) is 1. The number of aromatic nitrogens is 2. The monoisotopic (exact) mass is 281 g/mol. The van der Waals surface area contributed by atoms with Crippen LogP contribution in [-0.2, 0) is 6.42 Å². The molecule has 4 nitrogen and oxygen atoms in total. The van der Waals surface area contributed by atoms with Crippen LogP contribution in [0.3, 0.4) is 0 Å². The Kier molecular flexibility index (Phi) is 3.36. The molecule has 1 aromatic carbocycles. The molecule has 0 aliphatic rings. The molecule has 1 heterocycles. The van der Waals surface area contributed by atoms with Gasteiger partial charge in [0.15, 0.2) is 0 Å². The maximum Gasteiger partial charge on any atom is 0.258 e. The maximum absolute atomic E-state index is 11.8. The lowest BCUT2D eigenvalue weighted by molar-refractivity contribution is 0.782. The zero-order valence-electron chi connectivity index (χ0n) is 8.66. The molecule has 0 amide bonds. The first-order valence-electron chi connectivity index (χ1n) is 5.09. The van der Waals surface area contributed by atoms with E-state index >= 15 is 0 Å². The van der Waals surface area contributed by atoms with Gasteiger partial charge in [0.25, 0.3) is 5.56 Å². The van der Waals surface area contributed by atoms with E-state index in [1.54, 1.807) is 6.07 Å². The molecular formula is C11H12BrN3O. The molecule has 3 N–H and O–H groups in total. The van der Waals surface area contributed by atoms with Crippen LogP contribution >= 0.6 is 15.9 Å². The third kappa shape index (κ3) is 2.31. The van der Waals surface area contributed by atoms with Crippen LogP contribution in [0.25, 0.3) is 10.9 Å². The third-order valence-corrected chi connectivity index (χ3v) is 2.83. The molecule has 2 aromatic rings. The van der Waals surface area contributed by atoms with Crippen LogP contribution < -0.4 is 11.3 Å². The molecule has 84 valence electrons. The molecule has 0 fully saturated rings. The lowest BCUT2D eigenvalue weighted by atomic mass is 10.2. The van der Waals surface area contributed by atoms with E-state index in [0.717, 1.165) is 16.4 Å².